The Bertz CT molecular complexity index is 457. The Morgan fingerprint density at radius 2 is 1.85 bits per heavy atom. The summed E-state index contributed by atoms with van der Waals surface area (Å²) in [4.78, 5) is 23.7. The van der Waals surface area contributed by atoms with E-state index in [0.29, 0.717) is 4.90 Å². The van der Waals surface area contributed by atoms with Gasteiger partial charge in [0.25, 0.3) is 0 Å². The molecular weight excluding hydrogens is 279 g/mol. The summed E-state index contributed by atoms with van der Waals surface area (Å²) in [6.07, 6.45) is -5.77. The van der Waals surface area contributed by atoms with Crippen molar-refractivity contribution in [2.24, 2.45) is 11.3 Å². The summed E-state index contributed by atoms with van der Waals surface area (Å²) in [5, 5.41) is 9.09. The predicted octanol–water partition coefficient (Wildman–Crippen LogP) is 2.26. The molecule has 1 amide bonds. The minimum absolute atomic E-state index is 0.243. The number of carboxylic acids is 1. The summed E-state index contributed by atoms with van der Waals surface area (Å²) < 4.78 is 44.1. The van der Waals surface area contributed by atoms with E-state index in [1.807, 2.05) is 0 Å². The van der Waals surface area contributed by atoms with Crippen LogP contribution in [0.4, 0.5) is 18.0 Å². The average Bonchev–Trinajstić information content (AvgIpc) is 2.81. The number of halogens is 3. The molecule has 1 saturated heterocycles. The number of piperidine rings is 1. The molecule has 0 aromatic carbocycles. The number of ether oxygens (including phenoxy) is 1. The lowest BCUT2D eigenvalue weighted by atomic mass is 10.0. The van der Waals surface area contributed by atoms with Crippen molar-refractivity contribution in [2.75, 3.05) is 6.54 Å². The van der Waals surface area contributed by atoms with Crippen molar-refractivity contribution in [3.63, 3.8) is 0 Å². The third-order valence-corrected chi connectivity index (χ3v) is 3.75. The SMILES string of the molecule is CC(C)(C)OC(=O)N1C[C@]2(C(F)(F)F)C[C@H]2[C@H]1C(=O)O. The fourth-order valence-corrected chi connectivity index (χ4v) is 2.77. The molecule has 0 aromatic heterocycles. The van der Waals surface area contributed by atoms with Crippen LogP contribution in [0, 0.1) is 11.3 Å². The van der Waals surface area contributed by atoms with E-state index < -0.39 is 47.8 Å². The molecule has 2 aliphatic rings. The van der Waals surface area contributed by atoms with Gasteiger partial charge < -0.3 is 9.84 Å². The maximum absolute atomic E-state index is 13.0. The van der Waals surface area contributed by atoms with Crippen LogP contribution in [0.25, 0.3) is 0 Å². The Balaban J connectivity index is 2.22. The number of hydrogen-bond donors (Lipinski definition) is 1. The molecule has 5 nitrogen and oxygen atoms in total. The Labute approximate surface area is 113 Å². The van der Waals surface area contributed by atoms with Crippen LogP contribution in [0.5, 0.6) is 0 Å². The highest BCUT2D eigenvalue weighted by atomic mass is 19.4. The predicted molar refractivity (Wildman–Crippen MR) is 61.0 cm³/mol. The molecule has 2 fully saturated rings. The van der Waals surface area contributed by atoms with Gasteiger partial charge in [0.1, 0.15) is 11.6 Å². The monoisotopic (exact) mass is 295 g/mol. The fraction of sp³-hybridized carbons (Fsp3) is 0.833. The highest BCUT2D eigenvalue weighted by Gasteiger charge is 2.79. The molecule has 0 bridgehead atoms. The first-order chi connectivity index (χ1) is 8.89. The largest absolute Gasteiger partial charge is 0.480 e. The molecule has 3 atom stereocenters. The van der Waals surface area contributed by atoms with Crippen molar-refractivity contribution < 1.29 is 32.6 Å². The van der Waals surface area contributed by atoms with Gasteiger partial charge in [-0.25, -0.2) is 9.59 Å². The number of carboxylic acid groups (broad SMARTS) is 1. The Hall–Kier alpha value is -1.47. The highest BCUT2D eigenvalue weighted by molar-refractivity contribution is 5.82. The highest BCUT2D eigenvalue weighted by Crippen LogP contribution is 2.68. The number of alkyl halides is 3. The van der Waals surface area contributed by atoms with E-state index in [4.69, 9.17) is 9.84 Å². The second-order valence-corrected chi connectivity index (χ2v) is 6.36. The fourth-order valence-electron chi connectivity index (χ4n) is 2.77. The Kier molecular flexibility index (Phi) is 3.00. The Morgan fingerprint density at radius 1 is 1.30 bits per heavy atom. The van der Waals surface area contributed by atoms with Crippen molar-refractivity contribution in [1.29, 1.82) is 0 Å². The third-order valence-electron chi connectivity index (χ3n) is 3.75. The normalized spacial score (nSPS) is 32.8. The van der Waals surface area contributed by atoms with Crippen LogP contribution in [0.1, 0.15) is 27.2 Å². The lowest BCUT2D eigenvalue weighted by molar-refractivity contribution is -0.187. The van der Waals surface area contributed by atoms with E-state index in [1.54, 1.807) is 20.8 Å². The number of hydrogen-bond acceptors (Lipinski definition) is 3. The van der Waals surface area contributed by atoms with Crippen LogP contribution in [0.2, 0.25) is 0 Å². The van der Waals surface area contributed by atoms with Gasteiger partial charge in [0.05, 0.1) is 5.41 Å². The molecule has 8 heteroatoms. The Morgan fingerprint density at radius 3 is 2.25 bits per heavy atom. The molecule has 1 aliphatic carbocycles. The van der Waals surface area contributed by atoms with E-state index in [2.05, 4.69) is 0 Å². The van der Waals surface area contributed by atoms with Crippen molar-refractivity contribution in [3.8, 4) is 0 Å². The molecule has 1 saturated carbocycles. The van der Waals surface area contributed by atoms with E-state index in [0.717, 1.165) is 0 Å². The summed E-state index contributed by atoms with van der Waals surface area (Å²) in [6.45, 7) is 4.05. The van der Waals surface area contributed by atoms with Gasteiger partial charge in [-0.3, -0.25) is 4.90 Å². The first-order valence-electron chi connectivity index (χ1n) is 6.18. The van der Waals surface area contributed by atoms with E-state index in [-0.39, 0.29) is 6.42 Å². The van der Waals surface area contributed by atoms with Gasteiger partial charge in [-0.2, -0.15) is 13.2 Å². The second-order valence-electron chi connectivity index (χ2n) is 6.36. The summed E-state index contributed by atoms with van der Waals surface area (Å²) in [5.74, 6) is -2.50. The minimum Gasteiger partial charge on any atom is -0.480 e. The maximum atomic E-state index is 13.0. The number of likely N-dealkylation sites (tertiary alicyclic amines) is 1. The van der Waals surface area contributed by atoms with Crippen LogP contribution in [0.3, 0.4) is 0 Å². The molecule has 0 unspecified atom stereocenters. The number of carbonyl (C=O) groups excluding carboxylic acids is 1. The van der Waals surface area contributed by atoms with E-state index in [1.165, 1.54) is 0 Å². The van der Waals surface area contributed by atoms with Crippen LogP contribution in [-0.2, 0) is 9.53 Å². The number of amides is 1. The van der Waals surface area contributed by atoms with Gasteiger partial charge in [-0.15, -0.1) is 0 Å². The standard InChI is InChI=1S/C12H16F3NO4/c1-10(2,3)20-9(19)16-5-11(12(13,14)15)4-6(11)7(16)8(17)18/h6-7H,4-5H2,1-3H3,(H,17,18)/t6-,7-,11+/m0/s1. The summed E-state index contributed by atoms with van der Waals surface area (Å²) in [7, 11) is 0. The van der Waals surface area contributed by atoms with Crippen molar-refractivity contribution in [3.05, 3.63) is 0 Å². The van der Waals surface area contributed by atoms with E-state index >= 15 is 0 Å². The zero-order valence-corrected chi connectivity index (χ0v) is 11.3. The van der Waals surface area contributed by atoms with Gasteiger partial charge >= 0.3 is 18.2 Å². The topological polar surface area (TPSA) is 66.8 Å². The van der Waals surface area contributed by atoms with Crippen molar-refractivity contribution >= 4 is 12.1 Å². The minimum atomic E-state index is -4.51. The van der Waals surface area contributed by atoms with Crippen LogP contribution < -0.4 is 0 Å². The molecule has 114 valence electrons. The van der Waals surface area contributed by atoms with Crippen LogP contribution in [-0.4, -0.2) is 46.4 Å². The zero-order chi connectivity index (χ0) is 15.5. The maximum Gasteiger partial charge on any atom is 0.411 e. The smallest absolute Gasteiger partial charge is 0.411 e. The first-order valence-corrected chi connectivity index (χ1v) is 6.18. The van der Waals surface area contributed by atoms with Crippen LogP contribution in [0.15, 0.2) is 0 Å². The first kappa shape index (κ1) is 14.9. The second kappa shape index (κ2) is 4.02. The molecule has 0 radical (unpaired) electrons. The lowest BCUT2D eigenvalue weighted by Gasteiger charge is -2.29. The molecular formula is C12H16F3NO4. The van der Waals surface area contributed by atoms with Gasteiger partial charge in [0.2, 0.25) is 0 Å². The molecule has 2 rings (SSSR count). The average molecular weight is 295 g/mol. The third kappa shape index (κ3) is 2.20. The molecule has 0 spiro atoms. The molecule has 0 aromatic rings. The molecule has 1 aliphatic heterocycles. The van der Waals surface area contributed by atoms with Crippen LogP contribution >= 0.6 is 0 Å². The zero-order valence-electron chi connectivity index (χ0n) is 11.3. The van der Waals surface area contributed by atoms with Gasteiger partial charge in [-0.1, -0.05) is 0 Å². The number of rotatable bonds is 1. The van der Waals surface area contributed by atoms with Crippen molar-refractivity contribution in [1.82, 2.24) is 4.90 Å². The number of carbonyl (C=O) groups is 2. The van der Waals surface area contributed by atoms with E-state index in [9.17, 15) is 22.8 Å². The summed E-state index contributed by atoms with van der Waals surface area (Å²) in [6, 6.07) is -1.47. The van der Waals surface area contributed by atoms with Gasteiger partial charge in [0.15, 0.2) is 0 Å². The molecule has 1 N–H and O–H groups in total. The number of fused-ring (bicyclic) bond motifs is 1. The molecule has 20 heavy (non-hydrogen) atoms. The van der Waals surface area contributed by atoms with Gasteiger partial charge in [0, 0.05) is 12.5 Å². The van der Waals surface area contributed by atoms with Crippen molar-refractivity contribution in [2.45, 2.75) is 45.0 Å². The number of nitrogens with zero attached hydrogens (tertiary/aromatic N) is 1. The lowest BCUT2D eigenvalue weighted by Crippen LogP contribution is -2.46. The quantitative estimate of drug-likeness (QED) is 0.805. The number of aliphatic carboxylic acids is 1. The summed E-state index contributed by atoms with van der Waals surface area (Å²) in [5.41, 5.74) is -2.97. The van der Waals surface area contributed by atoms with Gasteiger partial charge in [-0.05, 0) is 27.2 Å². The summed E-state index contributed by atoms with van der Waals surface area (Å²) >= 11 is 0. The molecule has 1 heterocycles.